The Hall–Kier alpha value is -1.43. The predicted octanol–water partition coefficient (Wildman–Crippen LogP) is 1.08. The standard InChI is InChI=1S/C17H30N2O4/c1-7-22-14(20)13(15(21)23-8-2)11-18-12-9-16(3,4)19-17(5,6)10-12/h11-13,19H,7-10H2,1-6H3/p+1. The second kappa shape index (κ2) is 7.90. The summed E-state index contributed by atoms with van der Waals surface area (Å²) in [7, 11) is 0. The largest absolute Gasteiger partial charge is 0.465 e. The summed E-state index contributed by atoms with van der Waals surface area (Å²) in [6.45, 7) is 12.6. The molecule has 6 nitrogen and oxygen atoms in total. The van der Waals surface area contributed by atoms with Crippen LogP contribution in [0.1, 0.15) is 54.4 Å². The van der Waals surface area contributed by atoms with Crippen molar-refractivity contribution in [2.75, 3.05) is 13.2 Å². The normalized spacial score (nSPS) is 20.7. The van der Waals surface area contributed by atoms with Crippen LogP contribution in [0.4, 0.5) is 0 Å². The van der Waals surface area contributed by atoms with E-state index in [1.807, 2.05) is 0 Å². The summed E-state index contributed by atoms with van der Waals surface area (Å²) in [4.78, 5) is 28.5. The second-order valence-electron chi connectivity index (χ2n) is 7.46. The molecule has 1 aliphatic heterocycles. The highest BCUT2D eigenvalue weighted by molar-refractivity contribution is 6.09. The van der Waals surface area contributed by atoms with E-state index >= 15 is 0 Å². The van der Waals surface area contributed by atoms with Crippen LogP contribution >= 0.6 is 0 Å². The molecule has 1 rings (SSSR count). The predicted molar refractivity (Wildman–Crippen MR) is 88.4 cm³/mol. The number of aliphatic imine (C=N–C) groups is 1. The lowest BCUT2D eigenvalue weighted by molar-refractivity contribution is -0.787. The van der Waals surface area contributed by atoms with Crippen molar-refractivity contribution in [3.05, 3.63) is 0 Å². The third kappa shape index (κ3) is 6.29. The lowest BCUT2D eigenvalue weighted by Crippen LogP contribution is -3.05. The van der Waals surface area contributed by atoms with Gasteiger partial charge in [0.25, 0.3) is 0 Å². The van der Waals surface area contributed by atoms with Crippen molar-refractivity contribution in [3.63, 3.8) is 0 Å². The Bertz CT molecular complexity index is 424. The number of carbonyl (C=O) groups excluding carboxylic acids is 2. The molecule has 0 saturated carbocycles. The lowest BCUT2D eigenvalue weighted by Gasteiger charge is -2.41. The van der Waals surface area contributed by atoms with E-state index in [4.69, 9.17) is 9.47 Å². The zero-order chi connectivity index (χ0) is 17.7. The molecule has 132 valence electrons. The molecule has 1 saturated heterocycles. The minimum Gasteiger partial charge on any atom is -0.465 e. The van der Waals surface area contributed by atoms with Crippen LogP contribution in [0.15, 0.2) is 4.99 Å². The lowest BCUT2D eigenvalue weighted by atomic mass is 9.80. The maximum absolute atomic E-state index is 12.0. The third-order valence-electron chi connectivity index (χ3n) is 3.83. The summed E-state index contributed by atoms with van der Waals surface area (Å²) >= 11 is 0. The van der Waals surface area contributed by atoms with E-state index in [-0.39, 0.29) is 30.3 Å². The number of esters is 2. The van der Waals surface area contributed by atoms with E-state index in [0.29, 0.717) is 0 Å². The maximum Gasteiger partial charge on any atom is 0.325 e. The highest BCUT2D eigenvalue weighted by Crippen LogP contribution is 2.24. The molecule has 1 heterocycles. The topological polar surface area (TPSA) is 81.6 Å². The average molecular weight is 327 g/mol. The summed E-state index contributed by atoms with van der Waals surface area (Å²) in [6.07, 6.45) is 3.20. The molecule has 0 aromatic rings. The van der Waals surface area contributed by atoms with Crippen LogP contribution in [0.3, 0.4) is 0 Å². The van der Waals surface area contributed by atoms with Gasteiger partial charge in [-0.15, -0.1) is 0 Å². The molecular weight excluding hydrogens is 296 g/mol. The first-order chi connectivity index (χ1) is 10.6. The fourth-order valence-electron chi connectivity index (χ4n) is 3.46. The number of piperidine rings is 1. The van der Waals surface area contributed by atoms with Crippen LogP contribution < -0.4 is 5.32 Å². The summed E-state index contributed by atoms with van der Waals surface area (Å²) < 4.78 is 9.91. The number of carbonyl (C=O) groups is 2. The molecule has 0 aromatic heterocycles. The van der Waals surface area contributed by atoms with Crippen molar-refractivity contribution >= 4 is 18.2 Å². The van der Waals surface area contributed by atoms with Gasteiger partial charge in [-0.1, -0.05) is 0 Å². The minimum atomic E-state index is -1.08. The highest BCUT2D eigenvalue weighted by atomic mass is 16.6. The Morgan fingerprint density at radius 3 is 1.91 bits per heavy atom. The number of nitrogens with two attached hydrogens (primary N) is 1. The minimum absolute atomic E-state index is 0.0765. The molecule has 0 unspecified atom stereocenters. The average Bonchev–Trinajstić information content (AvgIpc) is 2.35. The van der Waals surface area contributed by atoms with E-state index in [1.165, 1.54) is 6.21 Å². The van der Waals surface area contributed by atoms with E-state index in [9.17, 15) is 9.59 Å². The van der Waals surface area contributed by atoms with Crippen LogP contribution in [0, 0.1) is 5.92 Å². The van der Waals surface area contributed by atoms with Crippen molar-refractivity contribution in [1.82, 2.24) is 0 Å². The molecule has 0 spiro atoms. The molecule has 6 heteroatoms. The van der Waals surface area contributed by atoms with Gasteiger partial charge in [0.05, 0.1) is 30.3 Å². The molecule has 23 heavy (non-hydrogen) atoms. The number of quaternary nitrogens is 1. The third-order valence-corrected chi connectivity index (χ3v) is 3.83. The zero-order valence-electron chi connectivity index (χ0n) is 15.2. The highest BCUT2D eigenvalue weighted by Gasteiger charge is 2.41. The first-order valence-electron chi connectivity index (χ1n) is 8.34. The molecule has 0 aliphatic carbocycles. The fraction of sp³-hybridized carbons (Fsp3) is 0.824. The molecule has 1 aliphatic rings. The Labute approximate surface area is 139 Å². The first kappa shape index (κ1) is 19.6. The number of nitrogens with zero attached hydrogens (tertiary/aromatic N) is 1. The van der Waals surface area contributed by atoms with Crippen LogP contribution in [-0.2, 0) is 19.1 Å². The molecule has 0 atom stereocenters. The smallest absolute Gasteiger partial charge is 0.325 e. The van der Waals surface area contributed by atoms with Crippen LogP contribution in [-0.4, -0.2) is 48.5 Å². The van der Waals surface area contributed by atoms with Crippen molar-refractivity contribution in [1.29, 1.82) is 0 Å². The summed E-state index contributed by atoms with van der Waals surface area (Å²) in [5, 5.41) is 2.36. The van der Waals surface area contributed by atoms with Gasteiger partial charge in [0, 0.05) is 19.1 Å². The van der Waals surface area contributed by atoms with Crippen LogP contribution in [0.5, 0.6) is 0 Å². The monoisotopic (exact) mass is 327 g/mol. The number of ether oxygens (including phenoxy) is 2. The van der Waals surface area contributed by atoms with Gasteiger partial charge in [0.1, 0.15) is 0 Å². The molecule has 0 bridgehead atoms. The van der Waals surface area contributed by atoms with E-state index in [2.05, 4.69) is 38.0 Å². The molecule has 0 radical (unpaired) electrons. The van der Waals surface area contributed by atoms with Gasteiger partial charge in [-0.05, 0) is 41.5 Å². The zero-order valence-corrected chi connectivity index (χ0v) is 15.2. The molecule has 1 fully saturated rings. The second-order valence-corrected chi connectivity index (χ2v) is 7.46. The maximum atomic E-state index is 12.0. The molecular formula is C17H31N2O4+. The van der Waals surface area contributed by atoms with Crippen LogP contribution in [0.2, 0.25) is 0 Å². The Kier molecular flexibility index (Phi) is 6.74. The van der Waals surface area contributed by atoms with E-state index in [1.54, 1.807) is 13.8 Å². The van der Waals surface area contributed by atoms with Gasteiger partial charge in [-0.2, -0.15) is 0 Å². The Balaban J connectivity index is 2.87. The summed E-state index contributed by atoms with van der Waals surface area (Å²) in [5.74, 6) is -2.28. The SMILES string of the molecule is CCOC(=O)C(C=NC1CC(C)(C)[NH2+]C(C)(C)C1)C(=O)OCC. The Morgan fingerprint density at radius 1 is 1.09 bits per heavy atom. The van der Waals surface area contributed by atoms with Gasteiger partial charge in [0.15, 0.2) is 5.92 Å². The van der Waals surface area contributed by atoms with Crippen molar-refractivity contribution in [2.45, 2.75) is 71.5 Å². The van der Waals surface area contributed by atoms with Crippen LogP contribution in [0.25, 0.3) is 0 Å². The number of hydrogen-bond acceptors (Lipinski definition) is 5. The van der Waals surface area contributed by atoms with Gasteiger partial charge in [-0.25, -0.2) is 0 Å². The quantitative estimate of drug-likeness (QED) is 0.450. The molecule has 0 aromatic carbocycles. The van der Waals surface area contributed by atoms with Crippen molar-refractivity contribution < 1.29 is 24.4 Å². The summed E-state index contributed by atoms with van der Waals surface area (Å²) in [6, 6.07) is 0.0800. The first-order valence-corrected chi connectivity index (χ1v) is 8.34. The number of rotatable bonds is 6. The molecule has 0 amide bonds. The van der Waals surface area contributed by atoms with Gasteiger partial charge in [-0.3, -0.25) is 14.6 Å². The van der Waals surface area contributed by atoms with Crippen molar-refractivity contribution in [2.24, 2.45) is 10.9 Å². The summed E-state index contributed by atoms with van der Waals surface area (Å²) in [5.41, 5.74) is 0.153. The van der Waals surface area contributed by atoms with Gasteiger partial charge in [0.2, 0.25) is 0 Å². The van der Waals surface area contributed by atoms with E-state index in [0.717, 1.165) is 12.8 Å². The molecule has 2 N–H and O–H groups in total. The van der Waals surface area contributed by atoms with Gasteiger partial charge >= 0.3 is 11.9 Å². The van der Waals surface area contributed by atoms with Gasteiger partial charge < -0.3 is 14.8 Å². The fourth-order valence-corrected chi connectivity index (χ4v) is 3.46. The van der Waals surface area contributed by atoms with Crippen molar-refractivity contribution in [3.8, 4) is 0 Å². The number of hydrogen-bond donors (Lipinski definition) is 1. The van der Waals surface area contributed by atoms with E-state index < -0.39 is 17.9 Å². The Morgan fingerprint density at radius 2 is 1.52 bits per heavy atom.